The summed E-state index contributed by atoms with van der Waals surface area (Å²) in [6.07, 6.45) is 0.421. The van der Waals surface area contributed by atoms with Gasteiger partial charge in [-0.25, -0.2) is 0 Å². The van der Waals surface area contributed by atoms with Crippen molar-refractivity contribution in [2.24, 2.45) is 0 Å². The summed E-state index contributed by atoms with van der Waals surface area (Å²) in [7, 11) is 1.43. The van der Waals surface area contributed by atoms with Crippen LogP contribution in [0.5, 0.6) is 0 Å². The monoisotopic (exact) mass is 248 g/mol. The fourth-order valence-corrected chi connectivity index (χ4v) is 2.44. The first kappa shape index (κ1) is 12.9. The molecular formula is C14H20N2O2. The predicted molar refractivity (Wildman–Crippen MR) is 71.7 cm³/mol. The second-order valence-electron chi connectivity index (χ2n) is 4.79. The third-order valence-corrected chi connectivity index (χ3v) is 3.22. The van der Waals surface area contributed by atoms with Crippen molar-refractivity contribution in [2.75, 3.05) is 25.1 Å². The molecule has 0 amide bonds. The van der Waals surface area contributed by atoms with Crippen molar-refractivity contribution < 1.29 is 9.53 Å². The number of hydrogen-bond acceptors (Lipinski definition) is 4. The lowest BCUT2D eigenvalue weighted by Crippen LogP contribution is -2.56. The molecule has 1 aromatic rings. The number of nitrogens with one attached hydrogen (secondary N) is 1. The predicted octanol–water partition coefficient (Wildman–Crippen LogP) is 1.42. The normalized spacial score (nSPS) is 23.8. The molecule has 1 saturated heterocycles. The molecule has 4 heteroatoms. The average Bonchev–Trinajstić information content (AvgIpc) is 2.39. The first-order valence-corrected chi connectivity index (χ1v) is 6.32. The maximum Gasteiger partial charge on any atom is 0.307 e. The van der Waals surface area contributed by atoms with Gasteiger partial charge in [-0.3, -0.25) is 4.79 Å². The molecule has 0 radical (unpaired) electrons. The zero-order chi connectivity index (χ0) is 13.0. The molecule has 0 spiro atoms. The number of benzene rings is 1. The van der Waals surface area contributed by atoms with Crippen molar-refractivity contribution in [1.82, 2.24) is 5.32 Å². The van der Waals surface area contributed by atoms with Gasteiger partial charge in [0.15, 0.2) is 0 Å². The van der Waals surface area contributed by atoms with E-state index in [1.807, 2.05) is 18.2 Å². The van der Waals surface area contributed by atoms with Gasteiger partial charge in [0.1, 0.15) is 0 Å². The molecule has 1 fully saturated rings. The number of rotatable bonds is 3. The van der Waals surface area contributed by atoms with E-state index in [0.29, 0.717) is 12.5 Å². The van der Waals surface area contributed by atoms with Crippen LogP contribution in [0.15, 0.2) is 30.3 Å². The van der Waals surface area contributed by atoms with Crippen molar-refractivity contribution >= 4 is 11.7 Å². The number of anilines is 1. The van der Waals surface area contributed by atoms with Gasteiger partial charge in [0.05, 0.1) is 13.5 Å². The second kappa shape index (κ2) is 5.87. The lowest BCUT2D eigenvalue weighted by atomic mass is 10.1. The van der Waals surface area contributed by atoms with E-state index in [4.69, 9.17) is 4.74 Å². The van der Waals surface area contributed by atoms with Gasteiger partial charge in [0.2, 0.25) is 0 Å². The minimum absolute atomic E-state index is 0.154. The highest BCUT2D eigenvalue weighted by molar-refractivity contribution is 5.70. The summed E-state index contributed by atoms with van der Waals surface area (Å²) in [5.74, 6) is -0.158. The molecule has 98 valence electrons. The zero-order valence-electron chi connectivity index (χ0n) is 10.9. The molecule has 1 aromatic carbocycles. The number of para-hydroxylation sites is 1. The highest BCUT2D eigenvalue weighted by Gasteiger charge is 2.25. The topological polar surface area (TPSA) is 41.6 Å². The lowest BCUT2D eigenvalue weighted by molar-refractivity contribution is -0.141. The number of carbonyl (C=O) groups is 1. The van der Waals surface area contributed by atoms with Crippen molar-refractivity contribution in [3.05, 3.63) is 30.3 Å². The molecule has 0 bridgehead atoms. The number of ether oxygens (including phenoxy) is 1. The Morgan fingerprint density at radius 2 is 2.11 bits per heavy atom. The van der Waals surface area contributed by atoms with E-state index in [2.05, 4.69) is 29.3 Å². The van der Waals surface area contributed by atoms with Gasteiger partial charge in [0.25, 0.3) is 0 Å². The Morgan fingerprint density at radius 1 is 1.39 bits per heavy atom. The van der Waals surface area contributed by atoms with Gasteiger partial charge >= 0.3 is 5.97 Å². The lowest BCUT2D eigenvalue weighted by Gasteiger charge is -2.38. The first-order chi connectivity index (χ1) is 8.69. The quantitative estimate of drug-likeness (QED) is 0.821. The van der Waals surface area contributed by atoms with Gasteiger partial charge in [-0.2, -0.15) is 0 Å². The van der Waals surface area contributed by atoms with Crippen molar-refractivity contribution in [1.29, 1.82) is 0 Å². The second-order valence-corrected chi connectivity index (χ2v) is 4.79. The van der Waals surface area contributed by atoms with E-state index in [1.54, 1.807) is 0 Å². The fraction of sp³-hybridized carbons (Fsp3) is 0.500. The molecule has 0 aromatic heterocycles. The Balaban J connectivity index is 2.03. The molecule has 2 unspecified atom stereocenters. The van der Waals surface area contributed by atoms with E-state index in [-0.39, 0.29) is 12.0 Å². The van der Waals surface area contributed by atoms with Crippen LogP contribution in [0.25, 0.3) is 0 Å². The molecule has 1 heterocycles. The summed E-state index contributed by atoms with van der Waals surface area (Å²) in [6.45, 7) is 3.94. The maximum atomic E-state index is 11.3. The van der Waals surface area contributed by atoms with Crippen molar-refractivity contribution in [2.45, 2.75) is 25.4 Å². The minimum Gasteiger partial charge on any atom is -0.469 e. The van der Waals surface area contributed by atoms with Gasteiger partial charge in [0, 0.05) is 30.9 Å². The zero-order valence-corrected chi connectivity index (χ0v) is 10.9. The van der Waals surface area contributed by atoms with Gasteiger partial charge in [-0.1, -0.05) is 18.2 Å². The largest absolute Gasteiger partial charge is 0.469 e. The molecule has 18 heavy (non-hydrogen) atoms. The summed E-state index contributed by atoms with van der Waals surface area (Å²) in [6, 6.07) is 10.8. The summed E-state index contributed by atoms with van der Waals surface area (Å²) >= 11 is 0. The third kappa shape index (κ3) is 3.23. The summed E-state index contributed by atoms with van der Waals surface area (Å²) in [5, 5.41) is 3.44. The van der Waals surface area contributed by atoms with Crippen LogP contribution in [0, 0.1) is 0 Å². The number of carbonyl (C=O) groups excluding carboxylic acids is 1. The molecule has 0 saturated carbocycles. The first-order valence-electron chi connectivity index (χ1n) is 6.32. The fourth-order valence-electron chi connectivity index (χ4n) is 2.44. The number of piperazine rings is 1. The van der Waals surface area contributed by atoms with Gasteiger partial charge in [-0.15, -0.1) is 0 Å². The molecule has 2 atom stereocenters. The maximum absolute atomic E-state index is 11.3. The summed E-state index contributed by atoms with van der Waals surface area (Å²) in [4.78, 5) is 13.7. The van der Waals surface area contributed by atoms with Crippen LogP contribution < -0.4 is 10.2 Å². The van der Waals surface area contributed by atoms with E-state index in [9.17, 15) is 4.79 Å². The highest BCUT2D eigenvalue weighted by Crippen LogP contribution is 2.18. The average molecular weight is 248 g/mol. The number of methoxy groups -OCH3 is 1. The molecule has 1 aliphatic rings. The van der Waals surface area contributed by atoms with E-state index < -0.39 is 0 Å². The van der Waals surface area contributed by atoms with Crippen molar-refractivity contribution in [3.63, 3.8) is 0 Å². The highest BCUT2D eigenvalue weighted by atomic mass is 16.5. The Bertz CT molecular complexity index is 394. The molecular weight excluding hydrogens is 228 g/mol. The van der Waals surface area contributed by atoms with Crippen LogP contribution in [0.2, 0.25) is 0 Å². The van der Waals surface area contributed by atoms with Crippen LogP contribution in [0.3, 0.4) is 0 Å². The van der Waals surface area contributed by atoms with Crippen LogP contribution in [-0.2, 0) is 9.53 Å². The number of nitrogens with zero attached hydrogens (tertiary/aromatic N) is 1. The Labute approximate surface area is 108 Å². The molecule has 4 nitrogen and oxygen atoms in total. The van der Waals surface area contributed by atoms with E-state index in [1.165, 1.54) is 12.8 Å². The molecule has 1 aliphatic heterocycles. The van der Waals surface area contributed by atoms with Crippen molar-refractivity contribution in [3.8, 4) is 0 Å². The molecule has 0 aliphatic carbocycles. The molecule has 1 N–H and O–H groups in total. The SMILES string of the molecule is COC(=O)CC1CN(c2ccccc2)CC(C)N1. The smallest absolute Gasteiger partial charge is 0.307 e. The summed E-state index contributed by atoms with van der Waals surface area (Å²) in [5.41, 5.74) is 1.21. The number of hydrogen-bond donors (Lipinski definition) is 1. The Kier molecular flexibility index (Phi) is 4.20. The third-order valence-electron chi connectivity index (χ3n) is 3.22. The van der Waals surface area contributed by atoms with Crippen LogP contribution in [-0.4, -0.2) is 38.3 Å². The van der Waals surface area contributed by atoms with E-state index in [0.717, 1.165) is 13.1 Å². The minimum atomic E-state index is -0.158. The van der Waals surface area contributed by atoms with Crippen LogP contribution >= 0.6 is 0 Å². The Hall–Kier alpha value is -1.55. The van der Waals surface area contributed by atoms with E-state index >= 15 is 0 Å². The standard InChI is InChI=1S/C14H20N2O2/c1-11-9-16(13-6-4-3-5-7-13)10-12(15-11)8-14(17)18-2/h3-7,11-12,15H,8-10H2,1-2H3. The summed E-state index contributed by atoms with van der Waals surface area (Å²) < 4.78 is 4.73. The van der Waals surface area contributed by atoms with Crippen LogP contribution in [0.4, 0.5) is 5.69 Å². The Morgan fingerprint density at radius 3 is 2.78 bits per heavy atom. The number of esters is 1. The molecule has 2 rings (SSSR count). The van der Waals surface area contributed by atoms with Gasteiger partial charge in [-0.05, 0) is 19.1 Å². The van der Waals surface area contributed by atoms with Gasteiger partial charge < -0.3 is 15.0 Å². The van der Waals surface area contributed by atoms with Crippen LogP contribution in [0.1, 0.15) is 13.3 Å².